The summed E-state index contributed by atoms with van der Waals surface area (Å²) in [7, 11) is 0. The van der Waals surface area contributed by atoms with Gasteiger partial charge in [0.25, 0.3) is 0 Å². The van der Waals surface area contributed by atoms with E-state index >= 15 is 0 Å². The maximum absolute atomic E-state index is 13.2. The maximum atomic E-state index is 13.2. The van der Waals surface area contributed by atoms with Crippen molar-refractivity contribution in [3.63, 3.8) is 0 Å². The van der Waals surface area contributed by atoms with E-state index in [1.165, 1.54) is 103 Å². The topological polar surface area (TPSA) is 95.9 Å². The van der Waals surface area contributed by atoms with Gasteiger partial charge in [-0.1, -0.05) is 204 Å². The van der Waals surface area contributed by atoms with Crippen LogP contribution in [0.1, 0.15) is 239 Å². The number of aliphatic hydroxyl groups excluding tert-OH is 2. The summed E-state index contributed by atoms with van der Waals surface area (Å²) in [5.41, 5.74) is 0. The number of hydrogen-bond donors (Lipinski definition) is 3. The molecule has 6 nitrogen and oxygen atoms in total. The SMILES string of the molecule is CC/C=C/C=C/C=C\CCCCCCCC(=O)OC(CCCCCCC/C=C/CCCCCCCC)CC(=O)NC(CO)C(O)CCCCCCCCCCCC. The third kappa shape index (κ3) is 40.4. The van der Waals surface area contributed by atoms with Crippen molar-refractivity contribution in [3.05, 3.63) is 48.6 Å². The van der Waals surface area contributed by atoms with Crippen LogP contribution in [0.25, 0.3) is 0 Å². The highest BCUT2D eigenvalue weighted by Gasteiger charge is 2.24. The summed E-state index contributed by atoms with van der Waals surface area (Å²) in [5.74, 6) is -0.504. The average Bonchev–Trinajstić information content (AvgIpc) is 3.20. The molecule has 0 aromatic carbocycles. The molecular weight excluding hydrogens is 707 g/mol. The Labute approximate surface area is 353 Å². The molecule has 0 radical (unpaired) electrons. The summed E-state index contributed by atoms with van der Waals surface area (Å²) < 4.78 is 5.91. The number of amides is 1. The number of carbonyl (C=O) groups is 2. The molecule has 0 rings (SSSR count). The van der Waals surface area contributed by atoms with Crippen molar-refractivity contribution in [2.45, 2.75) is 257 Å². The predicted molar refractivity (Wildman–Crippen MR) is 245 cm³/mol. The molecule has 0 saturated carbocycles. The van der Waals surface area contributed by atoms with Crippen LogP contribution in [0.3, 0.4) is 0 Å². The quantitative estimate of drug-likeness (QED) is 0.0247. The fraction of sp³-hybridized carbons (Fsp3) is 0.804. The molecule has 0 aliphatic heterocycles. The largest absolute Gasteiger partial charge is 0.462 e. The lowest BCUT2D eigenvalue weighted by Crippen LogP contribution is -2.46. The Kier molecular flexibility index (Phi) is 43.2. The Balaban J connectivity index is 4.64. The zero-order valence-corrected chi connectivity index (χ0v) is 37.7. The third-order valence-corrected chi connectivity index (χ3v) is 11.0. The average molecular weight is 800 g/mol. The standard InChI is InChI=1S/C51H93NO5/c1-4-7-10-13-16-19-22-24-25-27-28-30-33-36-39-42-47(57-51(56)44-41-38-35-32-29-26-23-20-17-14-11-8-5-2)45-50(55)52-48(46-53)49(54)43-40-37-34-31-21-18-15-12-9-6-3/h8,11,14,17,20,23-25,47-49,53-54H,4-7,9-10,12-13,15-16,18-19,21-22,26-46H2,1-3H3,(H,52,55)/b11-8+,17-14+,23-20-,25-24+. The molecule has 0 bridgehead atoms. The predicted octanol–water partition coefficient (Wildman–Crippen LogP) is 14.3. The van der Waals surface area contributed by atoms with Gasteiger partial charge in [-0.15, -0.1) is 0 Å². The Morgan fingerprint density at radius 3 is 1.47 bits per heavy atom. The van der Waals surface area contributed by atoms with Gasteiger partial charge in [0.15, 0.2) is 0 Å². The van der Waals surface area contributed by atoms with Gasteiger partial charge in [0.05, 0.1) is 25.2 Å². The minimum absolute atomic E-state index is 0.0637. The highest BCUT2D eigenvalue weighted by molar-refractivity contribution is 5.77. The molecule has 0 fully saturated rings. The van der Waals surface area contributed by atoms with Gasteiger partial charge >= 0.3 is 5.97 Å². The number of rotatable bonds is 43. The van der Waals surface area contributed by atoms with Crippen LogP contribution >= 0.6 is 0 Å². The molecular formula is C51H93NO5. The highest BCUT2D eigenvalue weighted by Crippen LogP contribution is 2.17. The second-order valence-electron chi connectivity index (χ2n) is 16.5. The number of hydrogen-bond acceptors (Lipinski definition) is 5. The monoisotopic (exact) mass is 800 g/mol. The Hall–Kier alpha value is -2.18. The Bertz CT molecular complexity index is 988. The molecule has 3 N–H and O–H groups in total. The van der Waals surface area contributed by atoms with Crippen LogP contribution in [0.4, 0.5) is 0 Å². The van der Waals surface area contributed by atoms with E-state index in [2.05, 4.69) is 74.7 Å². The van der Waals surface area contributed by atoms with Crippen molar-refractivity contribution in [3.8, 4) is 0 Å². The van der Waals surface area contributed by atoms with Crippen LogP contribution in [0.5, 0.6) is 0 Å². The number of ether oxygens (including phenoxy) is 1. The van der Waals surface area contributed by atoms with Gasteiger partial charge in [0, 0.05) is 6.42 Å². The number of nitrogens with one attached hydrogen (secondary N) is 1. The number of carbonyl (C=O) groups excluding carboxylic acids is 2. The second kappa shape index (κ2) is 44.9. The first-order chi connectivity index (χ1) is 28.0. The van der Waals surface area contributed by atoms with Gasteiger partial charge in [-0.05, 0) is 70.6 Å². The van der Waals surface area contributed by atoms with Crippen molar-refractivity contribution in [2.24, 2.45) is 0 Å². The van der Waals surface area contributed by atoms with E-state index in [-0.39, 0.29) is 24.9 Å². The van der Waals surface area contributed by atoms with Crippen molar-refractivity contribution < 1.29 is 24.5 Å². The molecule has 57 heavy (non-hydrogen) atoms. The van der Waals surface area contributed by atoms with Crippen LogP contribution in [0, 0.1) is 0 Å². The van der Waals surface area contributed by atoms with E-state index in [4.69, 9.17) is 4.74 Å². The first-order valence-electron chi connectivity index (χ1n) is 24.4. The van der Waals surface area contributed by atoms with E-state index in [0.29, 0.717) is 19.3 Å². The van der Waals surface area contributed by atoms with E-state index in [9.17, 15) is 19.8 Å². The summed E-state index contributed by atoms with van der Waals surface area (Å²) in [6.07, 6.45) is 53.1. The van der Waals surface area contributed by atoms with Crippen LogP contribution in [-0.4, -0.2) is 46.9 Å². The van der Waals surface area contributed by atoms with E-state index in [0.717, 1.165) is 89.9 Å². The van der Waals surface area contributed by atoms with Crippen LogP contribution in [-0.2, 0) is 14.3 Å². The fourth-order valence-corrected chi connectivity index (χ4v) is 7.25. The van der Waals surface area contributed by atoms with Gasteiger partial charge in [-0.25, -0.2) is 0 Å². The second-order valence-corrected chi connectivity index (χ2v) is 16.5. The van der Waals surface area contributed by atoms with E-state index in [1.54, 1.807) is 0 Å². The lowest BCUT2D eigenvalue weighted by Gasteiger charge is -2.24. The van der Waals surface area contributed by atoms with Crippen molar-refractivity contribution in [2.75, 3.05) is 6.61 Å². The lowest BCUT2D eigenvalue weighted by molar-refractivity contribution is -0.151. The number of allylic oxidation sites excluding steroid dienone is 8. The lowest BCUT2D eigenvalue weighted by atomic mass is 10.0. The normalized spacial score (nSPS) is 13.7. The van der Waals surface area contributed by atoms with Crippen LogP contribution < -0.4 is 5.32 Å². The molecule has 0 aromatic heterocycles. The summed E-state index contributed by atoms with van der Waals surface area (Å²) >= 11 is 0. The third-order valence-electron chi connectivity index (χ3n) is 11.0. The summed E-state index contributed by atoms with van der Waals surface area (Å²) in [5, 5.41) is 23.7. The van der Waals surface area contributed by atoms with Crippen molar-refractivity contribution in [1.82, 2.24) is 5.32 Å². The summed E-state index contributed by atoms with van der Waals surface area (Å²) in [6, 6.07) is -0.706. The Morgan fingerprint density at radius 1 is 0.526 bits per heavy atom. The maximum Gasteiger partial charge on any atom is 0.306 e. The van der Waals surface area contributed by atoms with Crippen LogP contribution in [0.2, 0.25) is 0 Å². The molecule has 3 unspecified atom stereocenters. The number of aliphatic hydroxyl groups is 2. The molecule has 0 saturated heterocycles. The first kappa shape index (κ1) is 54.8. The fourth-order valence-electron chi connectivity index (χ4n) is 7.25. The number of unbranched alkanes of at least 4 members (excludes halogenated alkanes) is 25. The minimum Gasteiger partial charge on any atom is -0.462 e. The molecule has 3 atom stereocenters. The molecule has 1 amide bonds. The van der Waals surface area contributed by atoms with Crippen molar-refractivity contribution in [1.29, 1.82) is 0 Å². The van der Waals surface area contributed by atoms with Gasteiger partial charge in [-0.3, -0.25) is 9.59 Å². The zero-order valence-electron chi connectivity index (χ0n) is 37.7. The highest BCUT2D eigenvalue weighted by atomic mass is 16.5. The molecule has 0 aliphatic rings. The smallest absolute Gasteiger partial charge is 0.306 e. The van der Waals surface area contributed by atoms with E-state index in [1.807, 2.05) is 0 Å². The molecule has 0 aliphatic carbocycles. The molecule has 0 spiro atoms. The van der Waals surface area contributed by atoms with Gasteiger partial charge < -0.3 is 20.3 Å². The molecule has 6 heteroatoms. The Morgan fingerprint density at radius 2 is 0.965 bits per heavy atom. The van der Waals surface area contributed by atoms with Gasteiger partial charge in [0.1, 0.15) is 6.10 Å². The molecule has 0 heterocycles. The zero-order chi connectivity index (χ0) is 41.7. The summed E-state index contributed by atoms with van der Waals surface area (Å²) in [4.78, 5) is 26.0. The van der Waals surface area contributed by atoms with E-state index < -0.39 is 18.2 Å². The molecule has 0 aromatic rings. The summed E-state index contributed by atoms with van der Waals surface area (Å²) in [6.45, 7) is 6.33. The minimum atomic E-state index is -0.791. The van der Waals surface area contributed by atoms with Crippen molar-refractivity contribution >= 4 is 11.9 Å². The van der Waals surface area contributed by atoms with Gasteiger partial charge in [-0.2, -0.15) is 0 Å². The number of esters is 1. The first-order valence-corrected chi connectivity index (χ1v) is 24.4. The molecule has 332 valence electrons. The van der Waals surface area contributed by atoms with Gasteiger partial charge in [0.2, 0.25) is 5.91 Å². The van der Waals surface area contributed by atoms with Crippen LogP contribution in [0.15, 0.2) is 48.6 Å².